The van der Waals surface area contributed by atoms with Crippen LogP contribution in [0.3, 0.4) is 0 Å². The first-order valence-electron chi connectivity index (χ1n) is 4.97. The predicted molar refractivity (Wildman–Crippen MR) is 69.0 cm³/mol. The van der Waals surface area contributed by atoms with Gasteiger partial charge < -0.3 is 4.74 Å². The fourth-order valence-corrected chi connectivity index (χ4v) is 1.58. The molecule has 5 nitrogen and oxygen atoms in total. The van der Waals surface area contributed by atoms with Crippen molar-refractivity contribution in [1.29, 1.82) is 0 Å². The van der Waals surface area contributed by atoms with Crippen LogP contribution < -0.4 is 9.86 Å². The van der Waals surface area contributed by atoms with Crippen molar-refractivity contribution >= 4 is 61.6 Å². The summed E-state index contributed by atoms with van der Waals surface area (Å²) in [5, 5.41) is 4.76. The van der Waals surface area contributed by atoms with Crippen molar-refractivity contribution < 1.29 is 13.2 Å². The molecule has 92 valence electrons. The maximum atomic E-state index is 10.5. The normalized spacial score (nSPS) is 10.9. The quantitative estimate of drug-likeness (QED) is 0.534. The SMILES string of the molecule is NS(=O)(=O)NCCCOCc1ccccc1.[KH]. The van der Waals surface area contributed by atoms with Crippen molar-refractivity contribution in [3.8, 4) is 0 Å². The van der Waals surface area contributed by atoms with Crippen LogP contribution in [0.2, 0.25) is 0 Å². The van der Waals surface area contributed by atoms with E-state index in [0.717, 1.165) is 5.56 Å². The molecule has 0 fully saturated rings. The van der Waals surface area contributed by atoms with Crippen LogP contribution in [0, 0.1) is 0 Å². The Kier molecular flexibility index (Phi) is 9.98. The van der Waals surface area contributed by atoms with Gasteiger partial charge >= 0.3 is 51.4 Å². The molecule has 0 radical (unpaired) electrons. The van der Waals surface area contributed by atoms with Crippen LogP contribution in [-0.2, 0) is 21.6 Å². The molecule has 0 aliphatic heterocycles. The van der Waals surface area contributed by atoms with E-state index in [4.69, 9.17) is 9.88 Å². The van der Waals surface area contributed by atoms with Gasteiger partial charge in [0.15, 0.2) is 0 Å². The summed E-state index contributed by atoms with van der Waals surface area (Å²) in [4.78, 5) is 0. The van der Waals surface area contributed by atoms with E-state index < -0.39 is 10.2 Å². The van der Waals surface area contributed by atoms with Crippen molar-refractivity contribution in [2.24, 2.45) is 5.14 Å². The number of hydrogen-bond acceptors (Lipinski definition) is 3. The van der Waals surface area contributed by atoms with Gasteiger partial charge in [-0.2, -0.15) is 8.42 Å². The fraction of sp³-hybridized carbons (Fsp3) is 0.400. The van der Waals surface area contributed by atoms with Crippen molar-refractivity contribution in [2.45, 2.75) is 13.0 Å². The molecular weight excluding hydrogens is 267 g/mol. The molecule has 1 aromatic rings. The topological polar surface area (TPSA) is 81.4 Å². The molecule has 0 amide bonds. The summed E-state index contributed by atoms with van der Waals surface area (Å²) in [6.45, 7) is 1.33. The second-order valence-corrected chi connectivity index (χ2v) is 4.71. The molecule has 0 saturated heterocycles. The molecule has 0 saturated carbocycles. The minimum absolute atomic E-state index is 0. The van der Waals surface area contributed by atoms with E-state index in [0.29, 0.717) is 26.2 Å². The molecule has 0 spiro atoms. The van der Waals surface area contributed by atoms with E-state index >= 15 is 0 Å². The summed E-state index contributed by atoms with van der Waals surface area (Å²) in [5.74, 6) is 0. The third-order valence-electron chi connectivity index (χ3n) is 1.88. The average Bonchev–Trinajstić information content (AvgIpc) is 2.23. The van der Waals surface area contributed by atoms with E-state index in [2.05, 4.69) is 4.72 Å². The predicted octanol–water partition coefficient (Wildman–Crippen LogP) is -0.262. The standard InChI is InChI=1S/C10H16N2O3S.K.H/c11-16(13,14)12-7-4-8-15-9-10-5-2-1-3-6-10;;/h1-3,5-6,12H,4,7-9H2,(H2,11,13,14);;. The van der Waals surface area contributed by atoms with Gasteiger partial charge in [0, 0.05) is 13.2 Å². The first kappa shape index (κ1) is 17.7. The van der Waals surface area contributed by atoms with Gasteiger partial charge in [-0.15, -0.1) is 0 Å². The van der Waals surface area contributed by atoms with Crippen molar-refractivity contribution in [2.75, 3.05) is 13.2 Å². The molecule has 1 aromatic carbocycles. The van der Waals surface area contributed by atoms with E-state index in [1.807, 2.05) is 30.3 Å². The number of rotatable bonds is 7. The van der Waals surface area contributed by atoms with Gasteiger partial charge in [-0.05, 0) is 12.0 Å². The molecule has 3 N–H and O–H groups in total. The van der Waals surface area contributed by atoms with E-state index in [-0.39, 0.29) is 51.4 Å². The number of ether oxygens (including phenoxy) is 1. The zero-order chi connectivity index (χ0) is 11.9. The van der Waals surface area contributed by atoms with Gasteiger partial charge in [0.25, 0.3) is 10.2 Å². The zero-order valence-corrected chi connectivity index (χ0v) is 9.74. The van der Waals surface area contributed by atoms with Crippen LogP contribution in [0.5, 0.6) is 0 Å². The summed E-state index contributed by atoms with van der Waals surface area (Å²) in [5.41, 5.74) is 1.10. The van der Waals surface area contributed by atoms with Gasteiger partial charge in [0.05, 0.1) is 6.61 Å². The Labute approximate surface area is 145 Å². The third-order valence-corrected chi connectivity index (χ3v) is 2.49. The molecule has 0 aliphatic carbocycles. The van der Waals surface area contributed by atoms with Gasteiger partial charge in [0.2, 0.25) is 0 Å². The summed E-state index contributed by atoms with van der Waals surface area (Å²) in [6.07, 6.45) is 0.600. The fourth-order valence-electron chi connectivity index (χ4n) is 1.15. The molecule has 1 rings (SSSR count). The van der Waals surface area contributed by atoms with Crippen molar-refractivity contribution in [3.63, 3.8) is 0 Å². The first-order valence-corrected chi connectivity index (χ1v) is 6.51. The van der Waals surface area contributed by atoms with Crippen LogP contribution in [0.4, 0.5) is 0 Å². The van der Waals surface area contributed by atoms with E-state index in [1.165, 1.54) is 0 Å². The Morgan fingerprint density at radius 1 is 1.24 bits per heavy atom. The molecule has 0 aliphatic rings. The molecule has 0 aromatic heterocycles. The van der Waals surface area contributed by atoms with Crippen LogP contribution in [0.25, 0.3) is 0 Å². The summed E-state index contributed by atoms with van der Waals surface area (Å²) in [7, 11) is -3.57. The summed E-state index contributed by atoms with van der Waals surface area (Å²) < 4.78 is 28.6. The number of nitrogens with one attached hydrogen (secondary N) is 1. The molecular formula is C10H17KN2O3S. The third kappa shape index (κ3) is 10.3. The van der Waals surface area contributed by atoms with Gasteiger partial charge in [-0.1, -0.05) is 30.3 Å². The first-order chi connectivity index (χ1) is 7.58. The summed E-state index contributed by atoms with van der Waals surface area (Å²) >= 11 is 0. The van der Waals surface area contributed by atoms with Crippen LogP contribution in [0.1, 0.15) is 12.0 Å². The minimum atomic E-state index is -3.57. The Balaban J connectivity index is 0.00000256. The van der Waals surface area contributed by atoms with Crippen LogP contribution in [0.15, 0.2) is 30.3 Å². The summed E-state index contributed by atoms with van der Waals surface area (Å²) in [6, 6.07) is 9.78. The average molecular weight is 284 g/mol. The second kappa shape index (κ2) is 9.59. The van der Waals surface area contributed by atoms with Crippen molar-refractivity contribution in [3.05, 3.63) is 35.9 Å². The monoisotopic (exact) mass is 284 g/mol. The molecule has 0 atom stereocenters. The molecule has 7 heteroatoms. The van der Waals surface area contributed by atoms with Gasteiger partial charge in [-0.25, -0.2) is 9.86 Å². The number of hydrogen-bond donors (Lipinski definition) is 2. The number of benzene rings is 1. The van der Waals surface area contributed by atoms with Gasteiger partial charge in [-0.3, -0.25) is 0 Å². The molecule has 0 heterocycles. The second-order valence-electron chi connectivity index (χ2n) is 3.33. The zero-order valence-electron chi connectivity index (χ0n) is 8.93. The maximum absolute atomic E-state index is 10.5. The molecule has 17 heavy (non-hydrogen) atoms. The van der Waals surface area contributed by atoms with Gasteiger partial charge in [0.1, 0.15) is 0 Å². The Bertz CT molecular complexity index is 397. The van der Waals surface area contributed by atoms with E-state index in [1.54, 1.807) is 0 Å². The Morgan fingerprint density at radius 2 is 1.88 bits per heavy atom. The molecule has 0 unspecified atom stereocenters. The Morgan fingerprint density at radius 3 is 2.47 bits per heavy atom. The van der Waals surface area contributed by atoms with Crippen molar-refractivity contribution in [1.82, 2.24) is 4.72 Å². The van der Waals surface area contributed by atoms with Crippen LogP contribution >= 0.6 is 0 Å². The Hall–Kier alpha value is 0.686. The van der Waals surface area contributed by atoms with E-state index in [9.17, 15) is 8.42 Å². The van der Waals surface area contributed by atoms with Crippen LogP contribution in [-0.4, -0.2) is 73.0 Å². The molecule has 0 bridgehead atoms. The number of nitrogens with two attached hydrogens (primary N) is 1.